The number of benzene rings is 2. The first-order valence-electron chi connectivity index (χ1n) is 9.92. The minimum Gasteiger partial charge on any atom is -0.350 e. The molecule has 0 bridgehead atoms. The Labute approximate surface area is 178 Å². The SMILES string of the molecule is CCN(CC)S(=O)(=O)c1ccc(C)c(C(=O)NCC(c2ccc(F)cc2)N(C)C)c1. The molecule has 0 saturated carbocycles. The van der Waals surface area contributed by atoms with Crippen LogP contribution in [0.3, 0.4) is 0 Å². The van der Waals surface area contributed by atoms with Crippen LogP contribution in [0.2, 0.25) is 0 Å². The first-order chi connectivity index (χ1) is 14.1. The maximum atomic E-state index is 13.2. The minimum absolute atomic E-state index is 0.102. The predicted molar refractivity (Wildman–Crippen MR) is 116 cm³/mol. The lowest BCUT2D eigenvalue weighted by Crippen LogP contribution is -2.35. The van der Waals surface area contributed by atoms with E-state index >= 15 is 0 Å². The van der Waals surface area contributed by atoms with E-state index in [9.17, 15) is 17.6 Å². The van der Waals surface area contributed by atoms with Crippen LogP contribution in [-0.2, 0) is 10.0 Å². The molecule has 2 rings (SSSR count). The van der Waals surface area contributed by atoms with Gasteiger partial charge in [0, 0.05) is 25.2 Å². The van der Waals surface area contributed by atoms with Crippen LogP contribution in [0.25, 0.3) is 0 Å². The van der Waals surface area contributed by atoms with Crippen molar-refractivity contribution in [2.24, 2.45) is 0 Å². The zero-order valence-corrected chi connectivity index (χ0v) is 19.0. The third-order valence-electron chi connectivity index (χ3n) is 5.13. The normalized spacial score (nSPS) is 12.9. The molecular weight excluding hydrogens is 405 g/mol. The lowest BCUT2D eigenvalue weighted by molar-refractivity contribution is 0.0941. The zero-order valence-electron chi connectivity index (χ0n) is 18.1. The van der Waals surface area contributed by atoms with Gasteiger partial charge in [0.1, 0.15) is 5.82 Å². The van der Waals surface area contributed by atoms with Crippen LogP contribution in [-0.4, -0.2) is 57.3 Å². The van der Waals surface area contributed by atoms with Gasteiger partial charge in [0.25, 0.3) is 5.91 Å². The molecule has 6 nitrogen and oxygen atoms in total. The maximum Gasteiger partial charge on any atom is 0.251 e. The van der Waals surface area contributed by atoms with Crippen molar-refractivity contribution >= 4 is 15.9 Å². The monoisotopic (exact) mass is 435 g/mol. The molecule has 1 N–H and O–H groups in total. The fraction of sp³-hybridized carbons (Fsp3) is 0.409. The van der Waals surface area contributed by atoms with Crippen LogP contribution in [0.15, 0.2) is 47.4 Å². The van der Waals surface area contributed by atoms with Crippen LogP contribution in [0.5, 0.6) is 0 Å². The zero-order chi connectivity index (χ0) is 22.5. The Hall–Kier alpha value is -2.29. The Bertz CT molecular complexity index is 972. The summed E-state index contributed by atoms with van der Waals surface area (Å²) in [5.41, 5.74) is 1.88. The van der Waals surface area contributed by atoms with Crippen molar-refractivity contribution in [2.45, 2.75) is 31.7 Å². The van der Waals surface area contributed by atoms with Crippen LogP contribution in [0.4, 0.5) is 4.39 Å². The molecule has 0 aromatic heterocycles. The summed E-state index contributed by atoms with van der Waals surface area (Å²) in [5, 5.41) is 2.89. The highest BCUT2D eigenvalue weighted by Gasteiger charge is 2.24. The van der Waals surface area contributed by atoms with E-state index in [1.807, 2.05) is 19.0 Å². The van der Waals surface area contributed by atoms with Crippen molar-refractivity contribution in [3.05, 3.63) is 65.0 Å². The number of aryl methyl sites for hydroxylation is 1. The molecular formula is C22H30FN3O3S. The third-order valence-corrected chi connectivity index (χ3v) is 7.18. The molecule has 0 saturated heterocycles. The lowest BCUT2D eigenvalue weighted by Gasteiger charge is -2.25. The van der Waals surface area contributed by atoms with Crippen LogP contribution in [0.1, 0.15) is 41.4 Å². The standard InChI is InChI=1S/C22H30FN3O3S/c1-6-26(7-2)30(28,29)19-13-8-16(3)20(14-19)22(27)24-15-21(25(4)5)17-9-11-18(23)12-10-17/h8-14,21H,6-7,15H2,1-5H3,(H,24,27). The molecule has 8 heteroatoms. The number of nitrogens with zero attached hydrogens (tertiary/aromatic N) is 2. The van der Waals surface area contributed by atoms with E-state index in [1.165, 1.54) is 28.6 Å². The number of halogens is 1. The highest BCUT2D eigenvalue weighted by atomic mass is 32.2. The van der Waals surface area contributed by atoms with Gasteiger partial charge in [-0.25, -0.2) is 12.8 Å². The number of carbonyl (C=O) groups is 1. The molecule has 1 atom stereocenters. The Balaban J connectivity index is 2.25. The number of carbonyl (C=O) groups excluding carboxylic acids is 1. The number of hydrogen-bond donors (Lipinski definition) is 1. The molecule has 0 heterocycles. The maximum absolute atomic E-state index is 13.2. The van der Waals surface area contributed by atoms with E-state index in [0.29, 0.717) is 30.8 Å². The van der Waals surface area contributed by atoms with E-state index in [2.05, 4.69) is 5.32 Å². The number of hydrogen-bond acceptors (Lipinski definition) is 4. The number of likely N-dealkylation sites (N-methyl/N-ethyl adjacent to an activating group) is 1. The molecule has 0 fully saturated rings. The molecule has 1 unspecified atom stereocenters. The molecule has 1 amide bonds. The third kappa shape index (κ3) is 5.44. The number of amides is 1. The first kappa shape index (κ1) is 24.0. The number of sulfonamides is 1. The summed E-state index contributed by atoms with van der Waals surface area (Å²) < 4.78 is 40.2. The quantitative estimate of drug-likeness (QED) is 0.657. The second-order valence-electron chi connectivity index (χ2n) is 7.31. The molecule has 2 aromatic rings. The summed E-state index contributed by atoms with van der Waals surface area (Å²) >= 11 is 0. The fourth-order valence-corrected chi connectivity index (χ4v) is 4.77. The van der Waals surface area contributed by atoms with Crippen molar-refractivity contribution in [1.29, 1.82) is 0 Å². The summed E-state index contributed by atoms with van der Waals surface area (Å²) in [6, 6.07) is 10.6. The summed E-state index contributed by atoms with van der Waals surface area (Å²) in [4.78, 5) is 14.9. The van der Waals surface area contributed by atoms with Gasteiger partial charge >= 0.3 is 0 Å². The molecule has 0 radical (unpaired) electrons. The van der Waals surface area contributed by atoms with Gasteiger partial charge in [-0.15, -0.1) is 0 Å². The Morgan fingerprint density at radius 2 is 1.67 bits per heavy atom. The van der Waals surface area contributed by atoms with E-state index in [0.717, 1.165) is 5.56 Å². The predicted octanol–water partition coefficient (Wildman–Crippen LogP) is 3.20. The Morgan fingerprint density at radius 3 is 2.20 bits per heavy atom. The van der Waals surface area contributed by atoms with Crippen molar-refractivity contribution in [3.63, 3.8) is 0 Å². The van der Waals surface area contributed by atoms with Crippen molar-refractivity contribution < 1.29 is 17.6 Å². The fourth-order valence-electron chi connectivity index (χ4n) is 3.29. The van der Waals surface area contributed by atoms with Crippen molar-refractivity contribution in [1.82, 2.24) is 14.5 Å². The number of rotatable bonds is 9. The molecule has 0 aliphatic carbocycles. The Kier molecular flexibility index (Phi) is 8.11. The highest BCUT2D eigenvalue weighted by Crippen LogP contribution is 2.21. The van der Waals surface area contributed by atoms with E-state index < -0.39 is 10.0 Å². The van der Waals surface area contributed by atoms with E-state index in [4.69, 9.17) is 0 Å². The van der Waals surface area contributed by atoms with Crippen LogP contribution < -0.4 is 5.32 Å². The van der Waals surface area contributed by atoms with Crippen molar-refractivity contribution in [2.75, 3.05) is 33.7 Å². The summed E-state index contributed by atoms with van der Waals surface area (Å²) in [5.74, 6) is -0.666. The second kappa shape index (κ2) is 10.1. The second-order valence-corrected chi connectivity index (χ2v) is 9.24. The topological polar surface area (TPSA) is 69.7 Å². The molecule has 0 aliphatic heterocycles. The molecule has 164 valence electrons. The van der Waals surface area contributed by atoms with Gasteiger partial charge < -0.3 is 10.2 Å². The summed E-state index contributed by atoms with van der Waals surface area (Å²) in [6.45, 7) is 6.34. The van der Waals surface area contributed by atoms with Gasteiger partial charge in [-0.05, 0) is 56.4 Å². The van der Waals surface area contributed by atoms with E-state index in [1.54, 1.807) is 39.0 Å². The van der Waals surface area contributed by atoms with Gasteiger partial charge in [-0.2, -0.15) is 4.31 Å². The lowest BCUT2D eigenvalue weighted by atomic mass is 10.0. The molecule has 2 aromatic carbocycles. The van der Waals surface area contributed by atoms with Gasteiger partial charge in [0.15, 0.2) is 0 Å². The van der Waals surface area contributed by atoms with Gasteiger partial charge in [-0.3, -0.25) is 4.79 Å². The van der Waals surface area contributed by atoms with Crippen molar-refractivity contribution in [3.8, 4) is 0 Å². The van der Waals surface area contributed by atoms with E-state index in [-0.39, 0.29) is 22.7 Å². The number of nitrogens with one attached hydrogen (secondary N) is 1. The Morgan fingerprint density at radius 1 is 1.07 bits per heavy atom. The summed E-state index contributed by atoms with van der Waals surface area (Å²) in [7, 11) is 0.0992. The van der Waals surface area contributed by atoms with Gasteiger partial charge in [0.05, 0.1) is 10.9 Å². The smallest absolute Gasteiger partial charge is 0.251 e. The van der Waals surface area contributed by atoms with Gasteiger partial charge in [0.2, 0.25) is 10.0 Å². The highest BCUT2D eigenvalue weighted by molar-refractivity contribution is 7.89. The van der Waals surface area contributed by atoms with Crippen LogP contribution in [0, 0.1) is 12.7 Å². The molecule has 0 aliphatic rings. The minimum atomic E-state index is -3.66. The molecule has 30 heavy (non-hydrogen) atoms. The van der Waals surface area contributed by atoms with Crippen LogP contribution >= 0.6 is 0 Å². The average molecular weight is 436 g/mol. The van der Waals surface area contributed by atoms with Gasteiger partial charge in [-0.1, -0.05) is 32.0 Å². The first-order valence-corrected chi connectivity index (χ1v) is 11.4. The summed E-state index contributed by atoms with van der Waals surface area (Å²) in [6.07, 6.45) is 0. The molecule has 0 spiro atoms. The largest absolute Gasteiger partial charge is 0.350 e. The average Bonchev–Trinajstić information content (AvgIpc) is 2.70.